The van der Waals surface area contributed by atoms with Crippen molar-refractivity contribution < 1.29 is 64.3 Å². The summed E-state index contributed by atoms with van der Waals surface area (Å²) in [6.07, 6.45) is 5.65. The van der Waals surface area contributed by atoms with Gasteiger partial charge >= 0.3 is 7.12 Å². The number of aliphatic hydroxyl groups is 2. The summed E-state index contributed by atoms with van der Waals surface area (Å²) in [5.41, 5.74) is 3.75. The SMILES string of the molecule is CNC(=O)c1c(-c2ccc(F)cc2)oc2cc(N(C)S(C)(=O)=O)c(-c3ccc(C4(CO)CC4)c(Cl)n3)cc12.CNC(=O)c1c(-c2ccc(F)cc2)oc2cc(N(C)S(C)(=O)=O)c(B(O)O)cc12.OCC1(c2ccc(Br)nc2Cl)CC1. The number of anilines is 2. The minimum absolute atomic E-state index is 0.0159. The third kappa shape index (κ3) is 12.1. The molecule has 0 unspecified atom stereocenters. The van der Waals surface area contributed by atoms with E-state index in [1.807, 2.05) is 12.1 Å². The predicted octanol–water partition coefficient (Wildman–Crippen LogP) is 7.93. The normalized spacial score (nSPS) is 14.1. The van der Waals surface area contributed by atoms with Gasteiger partial charge in [0.15, 0.2) is 0 Å². The van der Waals surface area contributed by atoms with Crippen molar-refractivity contribution in [3.8, 4) is 33.9 Å². The maximum atomic E-state index is 13.6. The summed E-state index contributed by atoms with van der Waals surface area (Å²) in [4.78, 5) is 34.2. The van der Waals surface area contributed by atoms with E-state index in [1.165, 1.54) is 94.9 Å². The summed E-state index contributed by atoms with van der Waals surface area (Å²) >= 11 is 15.8. The number of nitrogens with one attached hydrogen (secondary N) is 2. The molecule has 0 atom stereocenters. The molecule has 0 saturated heterocycles. The van der Waals surface area contributed by atoms with Crippen molar-refractivity contribution in [3.63, 3.8) is 0 Å². The number of benzene rings is 4. The second kappa shape index (κ2) is 23.2. The quantitative estimate of drug-likeness (QED) is 0.0446. The molecule has 18 nitrogen and oxygen atoms in total. The van der Waals surface area contributed by atoms with Crippen molar-refractivity contribution in [2.24, 2.45) is 0 Å². The van der Waals surface area contributed by atoms with Crippen LogP contribution in [0.3, 0.4) is 0 Å². The van der Waals surface area contributed by atoms with Crippen molar-refractivity contribution in [1.29, 1.82) is 0 Å². The molecule has 4 aromatic heterocycles. The topological polar surface area (TPSA) is 266 Å². The fourth-order valence-corrected chi connectivity index (χ4v) is 11.2. The van der Waals surface area contributed by atoms with Gasteiger partial charge in [-0.25, -0.2) is 35.6 Å². The molecule has 0 bridgehead atoms. The summed E-state index contributed by atoms with van der Waals surface area (Å²) < 4.78 is 90.5. The van der Waals surface area contributed by atoms with Crippen LogP contribution in [-0.4, -0.2) is 120 Å². The van der Waals surface area contributed by atoms with Crippen LogP contribution in [-0.2, 0) is 30.9 Å². The number of carbonyl (C=O) groups is 2. The van der Waals surface area contributed by atoms with E-state index in [1.54, 1.807) is 18.2 Å². The van der Waals surface area contributed by atoms with Crippen LogP contribution in [0.25, 0.3) is 55.8 Å². The molecule has 4 aromatic carbocycles. The van der Waals surface area contributed by atoms with Gasteiger partial charge in [0.2, 0.25) is 20.0 Å². The summed E-state index contributed by atoms with van der Waals surface area (Å²) in [6, 6.07) is 23.9. The third-order valence-electron chi connectivity index (χ3n) is 14.1. The van der Waals surface area contributed by atoms with E-state index in [9.17, 15) is 55.5 Å². The Morgan fingerprint density at radius 2 is 1.07 bits per heavy atom. The molecule has 0 spiro atoms. The number of hydrogen-bond acceptors (Lipinski definition) is 14. The molecule has 2 aliphatic rings. The van der Waals surface area contributed by atoms with Crippen molar-refractivity contribution in [2.75, 3.05) is 62.5 Å². The molecule has 420 valence electrons. The van der Waals surface area contributed by atoms with Gasteiger partial charge in [-0.05, 0) is 126 Å². The third-order valence-corrected chi connectivity index (χ3v) is 17.5. The molecule has 8 aromatic rings. The Kier molecular flexibility index (Phi) is 17.3. The Bertz CT molecular complexity index is 3940. The lowest BCUT2D eigenvalue weighted by Crippen LogP contribution is -2.37. The Labute approximate surface area is 477 Å². The standard InChI is InChI=1S/C27H25ClFN3O5S.C18H18BFN2O6S.C9H9BrClNO/c1-30-26(34)23-18-12-17(20-9-8-19(25(28)31-20)27(14-33)10-11-27)21(32(2)38(3,35)36)13-22(18)37-24(23)15-4-6-16(29)7-5-15;1-21-18(23)16-12-8-13(19(24)25)14(22(2)29(3,26)27)9-15(12)28-17(16)10-4-6-11(20)7-5-10;10-7-2-1-6(8(11)12-7)9(5-13)3-4-9/h4-9,12-13,33H,10-11,14H2,1-3H3,(H,30,34);4-9,24-25H,1-3H3,(H,21,23);1-2,13H,3-5H2. The molecule has 2 saturated carbocycles. The second-order valence-electron chi connectivity index (χ2n) is 19.3. The highest BCUT2D eigenvalue weighted by molar-refractivity contribution is 9.10. The highest BCUT2D eigenvalue weighted by atomic mass is 79.9. The highest BCUT2D eigenvalue weighted by Gasteiger charge is 2.46. The zero-order valence-corrected chi connectivity index (χ0v) is 48.3. The maximum absolute atomic E-state index is 13.6. The minimum Gasteiger partial charge on any atom is -0.455 e. The molecule has 6 N–H and O–H groups in total. The van der Waals surface area contributed by atoms with E-state index in [0.717, 1.165) is 62.5 Å². The fraction of sp³-hybridized carbons (Fsp3) is 0.259. The van der Waals surface area contributed by atoms with Crippen LogP contribution >= 0.6 is 39.1 Å². The van der Waals surface area contributed by atoms with Gasteiger partial charge in [0.1, 0.15) is 49.2 Å². The van der Waals surface area contributed by atoms with Crippen LogP contribution in [0, 0.1) is 11.6 Å². The number of carbonyl (C=O) groups excluding carboxylic acids is 2. The second-order valence-corrected chi connectivity index (χ2v) is 24.8. The molecule has 26 heteroatoms. The van der Waals surface area contributed by atoms with Crippen molar-refractivity contribution in [1.82, 2.24) is 20.6 Å². The zero-order valence-electron chi connectivity index (χ0n) is 43.6. The number of furan rings is 2. The number of aromatic nitrogens is 2. The average molecular weight is 1240 g/mol. The summed E-state index contributed by atoms with van der Waals surface area (Å²) in [7, 11) is -3.84. The number of sulfonamides is 2. The number of amides is 2. The summed E-state index contributed by atoms with van der Waals surface area (Å²) in [5, 5.41) is 45.1. The van der Waals surface area contributed by atoms with E-state index in [0.29, 0.717) is 32.9 Å². The first-order valence-corrected chi connectivity index (χ1v) is 29.6. The van der Waals surface area contributed by atoms with E-state index >= 15 is 0 Å². The van der Waals surface area contributed by atoms with E-state index in [4.69, 9.17) is 32.0 Å². The van der Waals surface area contributed by atoms with Gasteiger partial charge in [0, 0.05) is 84.1 Å². The molecule has 80 heavy (non-hydrogen) atoms. The van der Waals surface area contributed by atoms with E-state index < -0.39 is 56.0 Å². The van der Waals surface area contributed by atoms with Crippen LogP contribution in [0.1, 0.15) is 57.5 Å². The molecule has 2 fully saturated rings. The van der Waals surface area contributed by atoms with Crippen LogP contribution < -0.4 is 24.7 Å². The smallest absolute Gasteiger partial charge is 0.455 e. The first-order chi connectivity index (χ1) is 37.7. The van der Waals surface area contributed by atoms with Crippen molar-refractivity contribution in [3.05, 3.63) is 146 Å². The number of fused-ring (bicyclic) bond motifs is 2. The molecule has 2 amide bonds. The van der Waals surface area contributed by atoms with Gasteiger partial charge in [-0.15, -0.1) is 0 Å². The summed E-state index contributed by atoms with van der Waals surface area (Å²) in [6.45, 7) is 0.120. The Morgan fingerprint density at radius 1 is 0.662 bits per heavy atom. The summed E-state index contributed by atoms with van der Waals surface area (Å²) in [5.74, 6) is -1.49. The molecule has 10 rings (SSSR count). The van der Waals surface area contributed by atoms with Gasteiger partial charge in [-0.1, -0.05) is 35.3 Å². The Balaban J connectivity index is 0.000000176. The average Bonchev–Trinajstić information content (AvgIpc) is 4.37. The maximum Gasteiger partial charge on any atom is 0.490 e. The number of nitrogens with zero attached hydrogens (tertiary/aromatic N) is 4. The molecule has 0 radical (unpaired) electrons. The number of aliphatic hydroxyl groups excluding tert-OH is 2. The van der Waals surface area contributed by atoms with Gasteiger partial charge in [0.05, 0.1) is 53.9 Å². The van der Waals surface area contributed by atoms with E-state index in [2.05, 4.69) is 36.5 Å². The van der Waals surface area contributed by atoms with Gasteiger partial charge < -0.3 is 39.7 Å². The number of rotatable bonds is 14. The molecule has 0 aliphatic heterocycles. The monoisotopic (exact) mass is 1240 g/mol. The van der Waals surface area contributed by atoms with Crippen LogP contribution in [0.2, 0.25) is 10.3 Å². The zero-order chi connectivity index (χ0) is 58.4. The first kappa shape index (κ1) is 59.6. The number of hydrogen-bond donors (Lipinski definition) is 6. The van der Waals surface area contributed by atoms with Crippen LogP contribution in [0.5, 0.6) is 0 Å². The lowest BCUT2D eigenvalue weighted by atomic mass is 9.78. The Morgan fingerprint density at radius 3 is 1.46 bits per heavy atom. The van der Waals surface area contributed by atoms with Crippen molar-refractivity contribution in [2.45, 2.75) is 36.5 Å². The largest absolute Gasteiger partial charge is 0.490 e. The first-order valence-electron chi connectivity index (χ1n) is 24.3. The van der Waals surface area contributed by atoms with Gasteiger partial charge in [-0.2, -0.15) is 0 Å². The van der Waals surface area contributed by atoms with E-state index in [-0.39, 0.29) is 79.8 Å². The van der Waals surface area contributed by atoms with Crippen LogP contribution in [0.15, 0.2) is 110 Å². The molecule has 2 aliphatic carbocycles. The highest BCUT2D eigenvalue weighted by Crippen LogP contribution is 2.51. The van der Waals surface area contributed by atoms with Crippen molar-refractivity contribution >= 4 is 117 Å². The Hall–Kier alpha value is -6.48. The van der Waals surface area contributed by atoms with Gasteiger partial charge in [0.25, 0.3) is 11.8 Å². The fourth-order valence-electron chi connectivity index (χ4n) is 9.01. The van der Waals surface area contributed by atoms with Gasteiger partial charge in [-0.3, -0.25) is 18.2 Å². The molecular weight excluding hydrogens is 1190 g/mol. The lowest BCUT2D eigenvalue weighted by Gasteiger charge is -2.21. The lowest BCUT2D eigenvalue weighted by molar-refractivity contribution is 0.0956. The molecule has 4 heterocycles. The predicted molar refractivity (Wildman–Crippen MR) is 307 cm³/mol. The molecular formula is C54H52BBrCl2F2N6O12S2. The number of halogens is 5. The number of pyridine rings is 2. The van der Waals surface area contributed by atoms with Crippen LogP contribution in [0.4, 0.5) is 20.2 Å². The minimum atomic E-state index is -3.71.